The smallest absolute Gasteiger partial charge is 0.151 e. The molecule has 0 aromatic carbocycles. The number of pyridine rings is 1. The number of anilines is 2. The van der Waals surface area contributed by atoms with Crippen LogP contribution in [0.5, 0.6) is 0 Å². The number of likely N-dealkylation sites (N-methyl/N-ethyl adjacent to an activating group) is 1. The van der Waals surface area contributed by atoms with Crippen molar-refractivity contribution in [2.45, 2.75) is 24.8 Å². The van der Waals surface area contributed by atoms with Crippen molar-refractivity contribution in [1.82, 2.24) is 25.1 Å². The number of hydrogen-bond acceptors (Lipinski definition) is 7. The average molecular weight is 333 g/mol. The molecule has 7 heteroatoms. The van der Waals surface area contributed by atoms with Crippen LogP contribution in [0.1, 0.15) is 24.5 Å². The van der Waals surface area contributed by atoms with Crippen LogP contribution in [-0.2, 0) is 0 Å². The first kappa shape index (κ1) is 14.5. The first-order chi connectivity index (χ1) is 12.3. The third kappa shape index (κ3) is 2.56. The summed E-state index contributed by atoms with van der Waals surface area (Å²) in [6, 6.07) is 6.60. The first-order valence-corrected chi connectivity index (χ1v) is 8.66. The van der Waals surface area contributed by atoms with E-state index in [1.165, 1.54) is 12.8 Å². The molecule has 2 aliphatic rings. The van der Waals surface area contributed by atoms with Crippen LogP contribution in [0.4, 0.5) is 11.6 Å². The van der Waals surface area contributed by atoms with Gasteiger partial charge in [-0.25, -0.2) is 9.97 Å². The van der Waals surface area contributed by atoms with E-state index in [-0.39, 0.29) is 0 Å². The summed E-state index contributed by atoms with van der Waals surface area (Å²) >= 11 is 0. The minimum Gasteiger partial charge on any atom is -0.353 e. The van der Waals surface area contributed by atoms with Crippen LogP contribution in [0.2, 0.25) is 0 Å². The minimum atomic E-state index is 0.399. The second-order valence-corrected chi connectivity index (χ2v) is 6.85. The van der Waals surface area contributed by atoms with E-state index in [1.807, 2.05) is 6.07 Å². The summed E-state index contributed by atoms with van der Waals surface area (Å²) in [5, 5.41) is 9.82. The highest BCUT2D eigenvalue weighted by atomic mass is 15.4. The molecule has 4 heterocycles. The lowest BCUT2D eigenvalue weighted by Gasteiger charge is -2.45. The van der Waals surface area contributed by atoms with Gasteiger partial charge in [0.15, 0.2) is 5.82 Å². The number of nitrogens with zero attached hydrogens (tertiary/aromatic N) is 7. The summed E-state index contributed by atoms with van der Waals surface area (Å²) < 4.78 is 0. The van der Waals surface area contributed by atoms with Gasteiger partial charge in [0, 0.05) is 37.6 Å². The highest BCUT2D eigenvalue weighted by Gasteiger charge is 2.33. The van der Waals surface area contributed by atoms with Gasteiger partial charge >= 0.3 is 0 Å². The Morgan fingerprint density at radius 2 is 1.96 bits per heavy atom. The SMILES string of the molecule is CN(c1ncnc2cnccc12)C1CN(c2ccc(C3CC3)nn2)C1. The van der Waals surface area contributed by atoms with Gasteiger partial charge in [-0.1, -0.05) is 0 Å². The fraction of sp³-hybridized carbons (Fsp3) is 0.389. The summed E-state index contributed by atoms with van der Waals surface area (Å²) in [5.74, 6) is 2.57. The molecular formula is C18H19N7. The molecule has 1 saturated carbocycles. The normalized spacial score (nSPS) is 17.6. The van der Waals surface area contributed by atoms with Gasteiger partial charge in [0.05, 0.1) is 23.4 Å². The van der Waals surface area contributed by atoms with Gasteiger partial charge in [0.25, 0.3) is 0 Å². The van der Waals surface area contributed by atoms with Gasteiger partial charge in [-0.05, 0) is 31.0 Å². The molecule has 2 fully saturated rings. The van der Waals surface area contributed by atoms with E-state index in [0.29, 0.717) is 12.0 Å². The Labute approximate surface area is 145 Å². The van der Waals surface area contributed by atoms with E-state index in [9.17, 15) is 0 Å². The fourth-order valence-electron chi connectivity index (χ4n) is 3.34. The number of hydrogen-bond donors (Lipinski definition) is 0. The van der Waals surface area contributed by atoms with Crippen molar-refractivity contribution in [3.63, 3.8) is 0 Å². The zero-order valence-corrected chi connectivity index (χ0v) is 14.1. The van der Waals surface area contributed by atoms with E-state index in [1.54, 1.807) is 18.7 Å². The average Bonchev–Trinajstić information content (AvgIpc) is 3.45. The maximum Gasteiger partial charge on any atom is 0.151 e. The summed E-state index contributed by atoms with van der Waals surface area (Å²) in [4.78, 5) is 17.4. The van der Waals surface area contributed by atoms with Crippen molar-refractivity contribution in [1.29, 1.82) is 0 Å². The quantitative estimate of drug-likeness (QED) is 0.723. The molecule has 1 aliphatic heterocycles. The van der Waals surface area contributed by atoms with Gasteiger partial charge < -0.3 is 9.80 Å². The Kier molecular flexibility index (Phi) is 3.26. The van der Waals surface area contributed by atoms with Crippen LogP contribution in [-0.4, -0.2) is 51.3 Å². The number of fused-ring (bicyclic) bond motifs is 1. The molecule has 126 valence electrons. The molecule has 0 unspecified atom stereocenters. The van der Waals surface area contributed by atoms with E-state index in [2.05, 4.69) is 54.1 Å². The van der Waals surface area contributed by atoms with Gasteiger partial charge in [-0.2, -0.15) is 5.10 Å². The zero-order chi connectivity index (χ0) is 16.8. The van der Waals surface area contributed by atoms with E-state index in [4.69, 9.17) is 0 Å². The highest BCUT2D eigenvalue weighted by molar-refractivity contribution is 5.88. The predicted molar refractivity (Wildman–Crippen MR) is 95.7 cm³/mol. The van der Waals surface area contributed by atoms with Crippen LogP contribution < -0.4 is 9.80 Å². The molecule has 5 rings (SSSR count). The topological polar surface area (TPSA) is 70.9 Å². The Morgan fingerprint density at radius 3 is 2.72 bits per heavy atom. The maximum absolute atomic E-state index is 4.49. The first-order valence-electron chi connectivity index (χ1n) is 8.66. The van der Waals surface area contributed by atoms with Crippen molar-refractivity contribution < 1.29 is 0 Å². The van der Waals surface area contributed by atoms with Crippen molar-refractivity contribution >= 4 is 22.5 Å². The van der Waals surface area contributed by atoms with Crippen LogP contribution in [0.25, 0.3) is 10.9 Å². The largest absolute Gasteiger partial charge is 0.353 e. The monoisotopic (exact) mass is 333 g/mol. The summed E-state index contributed by atoms with van der Waals surface area (Å²) in [6.45, 7) is 1.84. The third-order valence-electron chi connectivity index (χ3n) is 5.15. The standard InChI is InChI=1S/C18H19N7/c1-24(18-14-6-7-19-8-16(14)20-11-21-18)13-9-25(10-13)17-5-4-15(22-23-17)12-2-3-12/h4-8,11-13H,2-3,9-10H2,1H3. The molecule has 3 aromatic rings. The Hall–Kier alpha value is -2.83. The fourth-order valence-corrected chi connectivity index (χ4v) is 3.34. The van der Waals surface area contributed by atoms with Gasteiger partial charge in [-0.15, -0.1) is 5.10 Å². The van der Waals surface area contributed by atoms with Gasteiger partial charge in [-0.3, -0.25) is 4.98 Å². The Bertz CT molecular complexity index is 895. The molecule has 7 nitrogen and oxygen atoms in total. The summed E-state index contributed by atoms with van der Waals surface area (Å²) in [5.41, 5.74) is 2.01. The Morgan fingerprint density at radius 1 is 1.08 bits per heavy atom. The highest BCUT2D eigenvalue weighted by Crippen LogP contribution is 2.39. The lowest BCUT2D eigenvalue weighted by Crippen LogP contribution is -2.59. The van der Waals surface area contributed by atoms with Crippen molar-refractivity contribution in [2.24, 2.45) is 0 Å². The second kappa shape index (κ2) is 5.61. The zero-order valence-electron chi connectivity index (χ0n) is 14.1. The van der Waals surface area contributed by atoms with Gasteiger partial charge in [0.1, 0.15) is 12.1 Å². The lowest BCUT2D eigenvalue weighted by molar-refractivity contribution is 0.488. The number of rotatable bonds is 4. The molecule has 0 bridgehead atoms. The molecule has 1 saturated heterocycles. The minimum absolute atomic E-state index is 0.399. The summed E-state index contributed by atoms with van der Waals surface area (Å²) in [7, 11) is 2.09. The molecular weight excluding hydrogens is 314 g/mol. The van der Waals surface area contributed by atoms with Crippen molar-refractivity contribution in [2.75, 3.05) is 29.9 Å². The van der Waals surface area contributed by atoms with E-state index < -0.39 is 0 Å². The molecule has 0 spiro atoms. The molecule has 3 aromatic heterocycles. The van der Waals surface area contributed by atoms with E-state index >= 15 is 0 Å². The predicted octanol–water partition coefficient (Wildman–Crippen LogP) is 2.02. The van der Waals surface area contributed by atoms with Crippen molar-refractivity contribution in [3.8, 4) is 0 Å². The van der Waals surface area contributed by atoms with Crippen LogP contribution >= 0.6 is 0 Å². The number of aromatic nitrogens is 5. The van der Waals surface area contributed by atoms with Crippen LogP contribution in [0, 0.1) is 0 Å². The van der Waals surface area contributed by atoms with E-state index in [0.717, 1.165) is 41.3 Å². The van der Waals surface area contributed by atoms with Crippen LogP contribution in [0.15, 0.2) is 36.9 Å². The second-order valence-electron chi connectivity index (χ2n) is 6.85. The Balaban J connectivity index is 1.30. The third-order valence-corrected chi connectivity index (χ3v) is 5.15. The molecule has 25 heavy (non-hydrogen) atoms. The maximum atomic E-state index is 4.49. The van der Waals surface area contributed by atoms with Crippen molar-refractivity contribution in [3.05, 3.63) is 42.6 Å². The molecule has 1 aliphatic carbocycles. The molecule has 0 amide bonds. The summed E-state index contributed by atoms with van der Waals surface area (Å²) in [6.07, 6.45) is 7.68. The van der Waals surface area contributed by atoms with Crippen LogP contribution in [0.3, 0.4) is 0 Å². The van der Waals surface area contributed by atoms with Gasteiger partial charge in [0.2, 0.25) is 0 Å². The lowest BCUT2D eigenvalue weighted by atomic mass is 10.1. The molecule has 0 N–H and O–H groups in total. The molecule has 0 radical (unpaired) electrons. The molecule has 0 atom stereocenters.